The Morgan fingerprint density at radius 3 is 3.00 bits per heavy atom. The third kappa shape index (κ3) is 2.58. The van der Waals surface area contributed by atoms with Crippen LogP contribution in [-0.2, 0) is 16.4 Å². The van der Waals surface area contributed by atoms with Gasteiger partial charge >= 0.3 is 0 Å². The Bertz CT molecular complexity index is 501. The van der Waals surface area contributed by atoms with Gasteiger partial charge in [0, 0.05) is 30.9 Å². The fourth-order valence-corrected chi connectivity index (χ4v) is 3.72. The molecule has 5 nitrogen and oxygen atoms in total. The van der Waals surface area contributed by atoms with Crippen LogP contribution in [0.1, 0.15) is 12.5 Å². The molecule has 1 saturated heterocycles. The first kappa shape index (κ1) is 12.3. The molecule has 2 heterocycles. The van der Waals surface area contributed by atoms with Gasteiger partial charge in [0.1, 0.15) is 5.82 Å². The van der Waals surface area contributed by atoms with Crippen LogP contribution in [0.25, 0.3) is 0 Å². The highest BCUT2D eigenvalue weighted by Gasteiger charge is 2.29. The summed E-state index contributed by atoms with van der Waals surface area (Å²) in [7, 11) is -2.89. The van der Waals surface area contributed by atoms with Gasteiger partial charge in [-0.25, -0.2) is 13.4 Å². The maximum atomic E-state index is 11.5. The van der Waals surface area contributed by atoms with E-state index in [9.17, 15) is 8.42 Å². The lowest BCUT2D eigenvalue weighted by Crippen LogP contribution is -2.47. The van der Waals surface area contributed by atoms with Gasteiger partial charge in [-0.3, -0.25) is 0 Å². The normalized spacial score (nSPS) is 23.6. The molecular formula is C11H17N3O2S. The van der Waals surface area contributed by atoms with Crippen LogP contribution in [0.3, 0.4) is 0 Å². The first-order valence-corrected chi connectivity index (χ1v) is 7.46. The van der Waals surface area contributed by atoms with E-state index in [0.717, 1.165) is 11.4 Å². The van der Waals surface area contributed by atoms with Crippen LogP contribution in [0.5, 0.6) is 0 Å². The molecule has 6 heteroatoms. The quantitative estimate of drug-likeness (QED) is 0.815. The van der Waals surface area contributed by atoms with Crippen LogP contribution < -0.4 is 10.6 Å². The molecule has 1 aromatic heterocycles. The predicted octanol–water partition coefficient (Wildman–Crippen LogP) is 0.164. The predicted molar refractivity (Wildman–Crippen MR) is 67.6 cm³/mol. The molecule has 0 aromatic carbocycles. The molecule has 17 heavy (non-hydrogen) atoms. The number of nitrogens with two attached hydrogens (primary N) is 1. The van der Waals surface area contributed by atoms with Crippen LogP contribution in [0.4, 0.5) is 5.82 Å². The molecule has 2 N–H and O–H groups in total. The lowest BCUT2D eigenvalue weighted by Gasteiger charge is -2.35. The summed E-state index contributed by atoms with van der Waals surface area (Å²) in [5.74, 6) is 1.20. The zero-order valence-corrected chi connectivity index (χ0v) is 10.7. The number of hydrogen-bond donors (Lipinski definition) is 1. The Kier molecular flexibility index (Phi) is 3.35. The van der Waals surface area contributed by atoms with Crippen molar-refractivity contribution in [3.8, 4) is 0 Å². The van der Waals surface area contributed by atoms with Gasteiger partial charge < -0.3 is 10.6 Å². The van der Waals surface area contributed by atoms with Crippen molar-refractivity contribution in [3.05, 3.63) is 23.9 Å². The maximum absolute atomic E-state index is 11.5. The Hall–Kier alpha value is -1.14. The third-order valence-corrected chi connectivity index (χ3v) is 4.82. The first-order chi connectivity index (χ1) is 8.03. The van der Waals surface area contributed by atoms with E-state index >= 15 is 0 Å². The summed E-state index contributed by atoms with van der Waals surface area (Å²) in [4.78, 5) is 6.35. The van der Waals surface area contributed by atoms with Crippen LogP contribution in [0, 0.1) is 0 Å². The van der Waals surface area contributed by atoms with Gasteiger partial charge in [0.15, 0.2) is 9.84 Å². The standard InChI is InChI=1S/C11H17N3O2S/c1-9-8-17(15,16)6-5-14(9)11-10(7-12)3-2-4-13-11/h2-4,9H,5-8,12H2,1H3. The monoisotopic (exact) mass is 255 g/mol. The molecule has 0 saturated carbocycles. The second kappa shape index (κ2) is 4.62. The Morgan fingerprint density at radius 1 is 1.59 bits per heavy atom. The second-order valence-electron chi connectivity index (χ2n) is 4.35. The summed E-state index contributed by atoms with van der Waals surface area (Å²) in [6.07, 6.45) is 1.71. The lowest BCUT2D eigenvalue weighted by molar-refractivity contribution is 0.566. The topological polar surface area (TPSA) is 76.3 Å². The molecule has 1 fully saturated rings. The summed E-state index contributed by atoms with van der Waals surface area (Å²) in [5, 5.41) is 0. The molecule has 0 bridgehead atoms. The van der Waals surface area contributed by atoms with Gasteiger partial charge in [-0.15, -0.1) is 0 Å². The highest BCUT2D eigenvalue weighted by molar-refractivity contribution is 7.91. The third-order valence-electron chi connectivity index (χ3n) is 3.03. The average molecular weight is 255 g/mol. The van der Waals surface area contributed by atoms with Crippen molar-refractivity contribution in [1.82, 2.24) is 4.98 Å². The number of hydrogen-bond acceptors (Lipinski definition) is 5. The highest BCUT2D eigenvalue weighted by atomic mass is 32.2. The molecule has 1 atom stereocenters. The van der Waals surface area contributed by atoms with Crippen molar-refractivity contribution in [1.29, 1.82) is 0 Å². The van der Waals surface area contributed by atoms with Gasteiger partial charge in [0.05, 0.1) is 11.5 Å². The summed E-state index contributed by atoms with van der Waals surface area (Å²) >= 11 is 0. The van der Waals surface area contributed by atoms with E-state index in [2.05, 4.69) is 4.98 Å². The highest BCUT2D eigenvalue weighted by Crippen LogP contribution is 2.22. The van der Waals surface area contributed by atoms with Gasteiger partial charge in [-0.05, 0) is 13.0 Å². The van der Waals surface area contributed by atoms with E-state index in [-0.39, 0.29) is 17.5 Å². The van der Waals surface area contributed by atoms with Crippen LogP contribution in [0.2, 0.25) is 0 Å². The largest absolute Gasteiger partial charge is 0.352 e. The number of anilines is 1. The fraction of sp³-hybridized carbons (Fsp3) is 0.545. The van der Waals surface area contributed by atoms with E-state index in [1.165, 1.54) is 0 Å². The molecule has 1 aromatic rings. The van der Waals surface area contributed by atoms with Crippen molar-refractivity contribution in [2.75, 3.05) is 23.0 Å². The first-order valence-electron chi connectivity index (χ1n) is 5.64. The summed E-state index contributed by atoms with van der Waals surface area (Å²) in [5.41, 5.74) is 6.63. The zero-order valence-electron chi connectivity index (χ0n) is 9.83. The molecule has 1 aliphatic rings. The van der Waals surface area contributed by atoms with E-state index in [1.54, 1.807) is 6.20 Å². The van der Waals surface area contributed by atoms with Crippen LogP contribution >= 0.6 is 0 Å². The number of sulfone groups is 1. The lowest BCUT2D eigenvalue weighted by atomic mass is 10.2. The van der Waals surface area contributed by atoms with E-state index in [0.29, 0.717) is 13.1 Å². The molecule has 1 aliphatic heterocycles. The second-order valence-corrected chi connectivity index (χ2v) is 6.58. The van der Waals surface area contributed by atoms with Crippen molar-refractivity contribution in [2.24, 2.45) is 5.73 Å². The Morgan fingerprint density at radius 2 is 2.35 bits per heavy atom. The number of aromatic nitrogens is 1. The molecule has 1 unspecified atom stereocenters. The van der Waals surface area contributed by atoms with Gasteiger partial charge in [-0.2, -0.15) is 0 Å². The minimum atomic E-state index is -2.89. The molecule has 0 radical (unpaired) electrons. The van der Waals surface area contributed by atoms with Gasteiger partial charge in [-0.1, -0.05) is 6.07 Å². The minimum Gasteiger partial charge on any atom is -0.352 e. The number of nitrogens with zero attached hydrogens (tertiary/aromatic N) is 2. The Labute approximate surface area is 102 Å². The van der Waals surface area contributed by atoms with Crippen molar-refractivity contribution < 1.29 is 8.42 Å². The summed E-state index contributed by atoms with van der Waals surface area (Å²) < 4.78 is 23.0. The molecule has 0 amide bonds. The average Bonchev–Trinajstić information content (AvgIpc) is 2.28. The molecule has 94 valence electrons. The number of rotatable bonds is 2. The maximum Gasteiger partial charge on any atom is 0.154 e. The van der Waals surface area contributed by atoms with Crippen molar-refractivity contribution in [2.45, 2.75) is 19.5 Å². The molecule has 0 spiro atoms. The number of pyridine rings is 1. The Balaban J connectivity index is 2.29. The van der Waals surface area contributed by atoms with Crippen molar-refractivity contribution in [3.63, 3.8) is 0 Å². The molecule has 0 aliphatic carbocycles. The minimum absolute atomic E-state index is 0.0473. The van der Waals surface area contributed by atoms with Crippen LogP contribution in [0.15, 0.2) is 18.3 Å². The van der Waals surface area contributed by atoms with Crippen LogP contribution in [-0.4, -0.2) is 37.5 Å². The summed E-state index contributed by atoms with van der Waals surface area (Å²) in [6, 6.07) is 3.73. The van der Waals surface area contributed by atoms with Crippen molar-refractivity contribution >= 4 is 15.7 Å². The van der Waals surface area contributed by atoms with Gasteiger partial charge in [0.25, 0.3) is 0 Å². The van der Waals surface area contributed by atoms with E-state index in [1.807, 2.05) is 24.0 Å². The fourth-order valence-electron chi connectivity index (χ4n) is 2.16. The van der Waals surface area contributed by atoms with E-state index in [4.69, 9.17) is 5.73 Å². The zero-order chi connectivity index (χ0) is 12.5. The van der Waals surface area contributed by atoms with E-state index < -0.39 is 9.84 Å². The smallest absolute Gasteiger partial charge is 0.154 e. The summed E-state index contributed by atoms with van der Waals surface area (Å²) in [6.45, 7) is 2.82. The molecular weight excluding hydrogens is 238 g/mol. The SMILES string of the molecule is CC1CS(=O)(=O)CCN1c1ncccc1CN. The molecule has 2 rings (SSSR count). The van der Waals surface area contributed by atoms with Gasteiger partial charge in [0.2, 0.25) is 0 Å².